The van der Waals surface area contributed by atoms with E-state index in [0.717, 1.165) is 17.7 Å². The van der Waals surface area contributed by atoms with Gasteiger partial charge < -0.3 is 5.32 Å². The van der Waals surface area contributed by atoms with E-state index in [4.69, 9.17) is 28.5 Å². The van der Waals surface area contributed by atoms with Crippen LogP contribution in [0.25, 0.3) is 0 Å². The Labute approximate surface area is 120 Å². The quantitative estimate of drug-likeness (QED) is 0.841. The SMILES string of the molecule is Cc1ccc(C#N)c(Nc2c(Cl)cc(F)cc2Cl)c1. The minimum atomic E-state index is -0.509. The van der Waals surface area contributed by atoms with E-state index < -0.39 is 5.82 Å². The minimum Gasteiger partial charge on any atom is -0.352 e. The number of hydrogen-bond donors (Lipinski definition) is 1. The van der Waals surface area contributed by atoms with Gasteiger partial charge in [0.15, 0.2) is 0 Å². The molecule has 0 saturated carbocycles. The van der Waals surface area contributed by atoms with Crippen LogP contribution < -0.4 is 5.32 Å². The topological polar surface area (TPSA) is 35.8 Å². The Morgan fingerprint density at radius 2 is 1.79 bits per heavy atom. The van der Waals surface area contributed by atoms with Gasteiger partial charge in [0, 0.05) is 0 Å². The molecule has 2 rings (SSSR count). The standard InChI is InChI=1S/C14H9Cl2FN2/c1-8-2-3-9(7-18)13(4-8)19-14-11(15)5-10(17)6-12(14)16/h2-6,19H,1H3. The van der Waals surface area contributed by atoms with Gasteiger partial charge in [0.05, 0.1) is 27.0 Å². The Morgan fingerprint density at radius 1 is 1.16 bits per heavy atom. The molecular formula is C14H9Cl2FN2. The van der Waals surface area contributed by atoms with Crippen LogP contribution in [0, 0.1) is 24.1 Å². The normalized spacial score (nSPS) is 10.1. The highest BCUT2D eigenvalue weighted by Crippen LogP contribution is 2.34. The molecular weight excluding hydrogens is 286 g/mol. The third-order valence-corrected chi connectivity index (χ3v) is 3.16. The van der Waals surface area contributed by atoms with Crippen molar-refractivity contribution in [2.75, 3.05) is 5.32 Å². The van der Waals surface area contributed by atoms with Gasteiger partial charge in [-0.3, -0.25) is 0 Å². The Balaban J connectivity index is 2.48. The Kier molecular flexibility index (Phi) is 3.94. The van der Waals surface area contributed by atoms with Crippen molar-refractivity contribution in [1.29, 1.82) is 5.26 Å². The molecule has 0 spiro atoms. The average Bonchev–Trinajstić information content (AvgIpc) is 2.34. The Bertz CT molecular complexity index is 655. The van der Waals surface area contributed by atoms with E-state index in [2.05, 4.69) is 11.4 Å². The predicted molar refractivity (Wildman–Crippen MR) is 75.6 cm³/mol. The molecule has 0 aliphatic carbocycles. The van der Waals surface area contributed by atoms with Crippen molar-refractivity contribution in [2.45, 2.75) is 6.92 Å². The molecule has 0 aromatic heterocycles. The zero-order valence-corrected chi connectivity index (χ0v) is 11.5. The van der Waals surface area contributed by atoms with Crippen LogP contribution in [0.5, 0.6) is 0 Å². The number of halogens is 3. The van der Waals surface area contributed by atoms with Gasteiger partial charge in [-0.2, -0.15) is 5.26 Å². The number of rotatable bonds is 2. The van der Waals surface area contributed by atoms with Gasteiger partial charge >= 0.3 is 0 Å². The third-order valence-electron chi connectivity index (χ3n) is 2.56. The van der Waals surface area contributed by atoms with Gasteiger partial charge in [-0.15, -0.1) is 0 Å². The molecule has 0 unspecified atom stereocenters. The number of anilines is 2. The first-order valence-electron chi connectivity index (χ1n) is 5.43. The van der Waals surface area contributed by atoms with Gasteiger partial charge in [-0.05, 0) is 36.8 Å². The molecule has 0 heterocycles. The maximum atomic E-state index is 13.1. The fourth-order valence-corrected chi connectivity index (χ4v) is 2.21. The highest BCUT2D eigenvalue weighted by atomic mass is 35.5. The van der Waals surface area contributed by atoms with Crippen molar-refractivity contribution in [2.24, 2.45) is 0 Å². The fraction of sp³-hybridized carbons (Fsp3) is 0.0714. The largest absolute Gasteiger partial charge is 0.352 e. The molecule has 0 aliphatic rings. The molecule has 5 heteroatoms. The van der Waals surface area contributed by atoms with Crippen molar-refractivity contribution < 1.29 is 4.39 Å². The lowest BCUT2D eigenvalue weighted by Gasteiger charge is -2.12. The van der Waals surface area contributed by atoms with Crippen molar-refractivity contribution >= 4 is 34.6 Å². The maximum Gasteiger partial charge on any atom is 0.126 e. The number of hydrogen-bond acceptors (Lipinski definition) is 2. The van der Waals surface area contributed by atoms with Crippen LogP contribution in [-0.2, 0) is 0 Å². The van der Waals surface area contributed by atoms with Crippen molar-refractivity contribution in [1.82, 2.24) is 0 Å². The summed E-state index contributed by atoms with van der Waals surface area (Å²) in [6.45, 7) is 1.90. The highest BCUT2D eigenvalue weighted by Gasteiger charge is 2.11. The first kappa shape index (κ1) is 13.7. The maximum absolute atomic E-state index is 13.1. The molecule has 0 amide bonds. The second-order valence-corrected chi connectivity index (χ2v) is 4.84. The van der Waals surface area contributed by atoms with Crippen LogP contribution in [-0.4, -0.2) is 0 Å². The summed E-state index contributed by atoms with van der Waals surface area (Å²) in [5.74, 6) is -0.509. The van der Waals surface area contributed by atoms with Crippen LogP contribution in [0.1, 0.15) is 11.1 Å². The van der Waals surface area contributed by atoms with E-state index in [-0.39, 0.29) is 10.0 Å². The number of nitriles is 1. The monoisotopic (exact) mass is 294 g/mol. The molecule has 96 valence electrons. The van der Waals surface area contributed by atoms with E-state index in [1.54, 1.807) is 12.1 Å². The van der Waals surface area contributed by atoms with Crippen molar-refractivity contribution in [3.63, 3.8) is 0 Å². The summed E-state index contributed by atoms with van der Waals surface area (Å²) in [5, 5.41) is 12.4. The summed E-state index contributed by atoms with van der Waals surface area (Å²) in [5.41, 5.74) is 2.41. The number of benzene rings is 2. The van der Waals surface area contributed by atoms with E-state index in [1.807, 2.05) is 13.0 Å². The van der Waals surface area contributed by atoms with E-state index >= 15 is 0 Å². The smallest absolute Gasteiger partial charge is 0.126 e. The zero-order chi connectivity index (χ0) is 14.0. The minimum absolute atomic E-state index is 0.162. The van der Waals surface area contributed by atoms with Gasteiger partial charge in [0.2, 0.25) is 0 Å². The van der Waals surface area contributed by atoms with E-state index in [1.165, 1.54) is 0 Å². The zero-order valence-electron chi connectivity index (χ0n) is 9.97. The van der Waals surface area contributed by atoms with Crippen molar-refractivity contribution in [3.05, 3.63) is 57.3 Å². The van der Waals surface area contributed by atoms with E-state index in [0.29, 0.717) is 16.9 Å². The fourth-order valence-electron chi connectivity index (χ4n) is 1.66. The van der Waals surface area contributed by atoms with Crippen LogP contribution in [0.15, 0.2) is 30.3 Å². The van der Waals surface area contributed by atoms with Crippen LogP contribution in [0.2, 0.25) is 10.0 Å². The van der Waals surface area contributed by atoms with Gasteiger partial charge in [0.25, 0.3) is 0 Å². The van der Waals surface area contributed by atoms with Gasteiger partial charge in [0.1, 0.15) is 11.9 Å². The molecule has 0 aliphatic heterocycles. The molecule has 0 fully saturated rings. The van der Waals surface area contributed by atoms with Crippen LogP contribution in [0.3, 0.4) is 0 Å². The van der Waals surface area contributed by atoms with Crippen molar-refractivity contribution in [3.8, 4) is 6.07 Å². The first-order chi connectivity index (χ1) is 9.01. The summed E-state index contributed by atoms with van der Waals surface area (Å²) in [6, 6.07) is 9.73. The summed E-state index contributed by atoms with van der Waals surface area (Å²) in [4.78, 5) is 0. The lowest BCUT2D eigenvalue weighted by Crippen LogP contribution is -1.96. The molecule has 0 radical (unpaired) electrons. The highest BCUT2D eigenvalue weighted by molar-refractivity contribution is 6.39. The number of nitrogens with zero attached hydrogens (tertiary/aromatic N) is 1. The molecule has 19 heavy (non-hydrogen) atoms. The second kappa shape index (κ2) is 5.48. The Hall–Kier alpha value is -1.76. The third kappa shape index (κ3) is 2.98. The lowest BCUT2D eigenvalue weighted by molar-refractivity contribution is 0.628. The Morgan fingerprint density at radius 3 is 2.37 bits per heavy atom. The first-order valence-corrected chi connectivity index (χ1v) is 6.19. The molecule has 0 atom stereocenters. The molecule has 2 nitrogen and oxygen atoms in total. The van der Waals surface area contributed by atoms with Gasteiger partial charge in [-0.1, -0.05) is 29.3 Å². The molecule has 2 aromatic rings. The van der Waals surface area contributed by atoms with Crippen LogP contribution >= 0.6 is 23.2 Å². The summed E-state index contributed by atoms with van der Waals surface area (Å²) >= 11 is 11.9. The molecule has 1 N–H and O–H groups in total. The second-order valence-electron chi connectivity index (χ2n) is 4.03. The summed E-state index contributed by atoms with van der Waals surface area (Å²) in [7, 11) is 0. The number of aryl methyl sites for hydroxylation is 1. The molecule has 0 saturated heterocycles. The molecule has 0 bridgehead atoms. The lowest BCUT2D eigenvalue weighted by atomic mass is 10.1. The van der Waals surface area contributed by atoms with E-state index in [9.17, 15) is 4.39 Å². The number of nitrogens with one attached hydrogen (secondary N) is 1. The molecule has 2 aromatic carbocycles. The summed E-state index contributed by atoms with van der Waals surface area (Å²) < 4.78 is 13.1. The average molecular weight is 295 g/mol. The predicted octanol–water partition coefficient (Wildman–Crippen LogP) is 5.06. The summed E-state index contributed by atoms with van der Waals surface area (Å²) in [6.07, 6.45) is 0. The van der Waals surface area contributed by atoms with Gasteiger partial charge in [-0.25, -0.2) is 4.39 Å². The van der Waals surface area contributed by atoms with Crippen LogP contribution in [0.4, 0.5) is 15.8 Å².